The van der Waals surface area contributed by atoms with Crippen molar-refractivity contribution < 1.29 is 34.6 Å². The van der Waals surface area contributed by atoms with Crippen LogP contribution in [0.25, 0.3) is 0 Å². The predicted molar refractivity (Wildman–Crippen MR) is 68.0 cm³/mol. The second-order valence-electron chi connectivity index (χ2n) is 4.45. The SMILES string of the molecule is CC(C)C(=O)OCc1cc(O)c(C(=O)O)c(O)c1[N+](=O)[O-]. The first-order valence-corrected chi connectivity index (χ1v) is 5.78. The molecule has 0 amide bonds. The molecule has 0 heterocycles. The fraction of sp³-hybridized carbons (Fsp3) is 0.333. The van der Waals surface area contributed by atoms with Gasteiger partial charge >= 0.3 is 17.6 Å². The molecule has 0 radical (unpaired) electrons. The molecule has 0 unspecified atom stereocenters. The summed E-state index contributed by atoms with van der Waals surface area (Å²) in [5.74, 6) is -4.88. The molecule has 0 aliphatic heterocycles. The van der Waals surface area contributed by atoms with Crippen molar-refractivity contribution in [2.24, 2.45) is 5.92 Å². The lowest BCUT2D eigenvalue weighted by Gasteiger charge is -2.10. The number of hydrogen-bond acceptors (Lipinski definition) is 7. The van der Waals surface area contributed by atoms with E-state index in [9.17, 15) is 29.9 Å². The van der Waals surface area contributed by atoms with E-state index in [1.54, 1.807) is 13.8 Å². The van der Waals surface area contributed by atoms with Crippen molar-refractivity contribution in [2.45, 2.75) is 20.5 Å². The summed E-state index contributed by atoms with van der Waals surface area (Å²) in [6.07, 6.45) is 0. The van der Waals surface area contributed by atoms with E-state index >= 15 is 0 Å². The minimum Gasteiger partial charge on any atom is -0.507 e. The van der Waals surface area contributed by atoms with Gasteiger partial charge in [0.15, 0.2) is 5.56 Å². The first-order valence-electron chi connectivity index (χ1n) is 5.78. The summed E-state index contributed by atoms with van der Waals surface area (Å²) in [6.45, 7) is 2.53. The third-order valence-corrected chi connectivity index (χ3v) is 2.57. The predicted octanol–water partition coefficient (Wildman–Crippen LogP) is 1.40. The first kappa shape index (κ1) is 16.2. The van der Waals surface area contributed by atoms with Crippen LogP contribution < -0.4 is 0 Å². The third kappa shape index (κ3) is 3.38. The number of rotatable bonds is 5. The van der Waals surface area contributed by atoms with Gasteiger partial charge in [-0.2, -0.15) is 0 Å². The fourth-order valence-electron chi connectivity index (χ4n) is 1.54. The maximum Gasteiger partial charge on any atom is 0.343 e. The number of aromatic carboxylic acids is 1. The quantitative estimate of drug-likeness (QED) is 0.420. The molecule has 0 aliphatic rings. The lowest BCUT2D eigenvalue weighted by Crippen LogP contribution is -2.12. The standard InChI is InChI=1S/C12H13NO8/c1-5(2)12(18)21-4-6-3-7(14)8(11(16)17)10(15)9(6)13(19)20/h3,5,14-15H,4H2,1-2H3,(H,16,17). The number of carboxylic acids is 1. The molecule has 1 aromatic rings. The zero-order chi connectivity index (χ0) is 16.3. The summed E-state index contributed by atoms with van der Waals surface area (Å²) >= 11 is 0. The van der Waals surface area contributed by atoms with Crippen LogP contribution in [0.2, 0.25) is 0 Å². The molecule has 0 spiro atoms. The Morgan fingerprint density at radius 2 is 1.95 bits per heavy atom. The Hall–Kier alpha value is -2.84. The summed E-state index contributed by atoms with van der Waals surface area (Å²) < 4.78 is 4.78. The molecular weight excluding hydrogens is 286 g/mol. The van der Waals surface area contributed by atoms with Crippen LogP contribution in [-0.4, -0.2) is 32.2 Å². The number of hydrogen-bond donors (Lipinski definition) is 3. The van der Waals surface area contributed by atoms with Gasteiger partial charge in [-0.05, 0) is 6.07 Å². The number of nitro groups is 1. The maximum absolute atomic E-state index is 11.3. The van der Waals surface area contributed by atoms with E-state index in [0.29, 0.717) is 0 Å². The molecule has 0 fully saturated rings. The fourth-order valence-corrected chi connectivity index (χ4v) is 1.54. The van der Waals surface area contributed by atoms with Gasteiger partial charge in [0.25, 0.3) is 0 Å². The molecule has 0 atom stereocenters. The second-order valence-corrected chi connectivity index (χ2v) is 4.45. The number of nitro benzene ring substituents is 1. The summed E-state index contributed by atoms with van der Waals surface area (Å²) in [4.78, 5) is 32.1. The van der Waals surface area contributed by atoms with Crippen molar-refractivity contribution in [3.8, 4) is 11.5 Å². The number of nitrogens with zero attached hydrogens (tertiary/aromatic N) is 1. The second kappa shape index (κ2) is 6.07. The first-order chi connectivity index (χ1) is 9.66. The van der Waals surface area contributed by atoms with Gasteiger partial charge in [0, 0.05) is 0 Å². The molecule has 1 aromatic carbocycles. The lowest BCUT2D eigenvalue weighted by atomic mass is 10.1. The van der Waals surface area contributed by atoms with Crippen molar-refractivity contribution >= 4 is 17.6 Å². The van der Waals surface area contributed by atoms with E-state index in [0.717, 1.165) is 6.07 Å². The topological polar surface area (TPSA) is 147 Å². The van der Waals surface area contributed by atoms with Crippen LogP contribution in [0, 0.1) is 16.0 Å². The highest BCUT2D eigenvalue weighted by atomic mass is 16.6. The summed E-state index contributed by atoms with van der Waals surface area (Å²) in [5, 5.41) is 38.9. The average molecular weight is 299 g/mol. The van der Waals surface area contributed by atoms with Gasteiger partial charge in [0.2, 0.25) is 5.75 Å². The van der Waals surface area contributed by atoms with Crippen LogP contribution >= 0.6 is 0 Å². The lowest BCUT2D eigenvalue weighted by molar-refractivity contribution is -0.386. The smallest absolute Gasteiger partial charge is 0.343 e. The number of carbonyl (C=O) groups excluding carboxylic acids is 1. The van der Waals surface area contributed by atoms with E-state index in [4.69, 9.17) is 9.84 Å². The van der Waals surface area contributed by atoms with Gasteiger partial charge in [-0.25, -0.2) is 4.79 Å². The molecular formula is C12H13NO8. The van der Waals surface area contributed by atoms with E-state index < -0.39 is 52.1 Å². The molecule has 0 aromatic heterocycles. The minimum absolute atomic E-state index is 0.311. The van der Waals surface area contributed by atoms with Crippen molar-refractivity contribution in [3.63, 3.8) is 0 Å². The van der Waals surface area contributed by atoms with Crippen molar-refractivity contribution in [2.75, 3.05) is 0 Å². The van der Waals surface area contributed by atoms with E-state index in [2.05, 4.69) is 0 Å². The van der Waals surface area contributed by atoms with Gasteiger partial charge < -0.3 is 20.1 Å². The van der Waals surface area contributed by atoms with Crippen LogP contribution in [0.3, 0.4) is 0 Å². The molecule has 0 aliphatic carbocycles. The maximum atomic E-state index is 11.3. The molecule has 9 nitrogen and oxygen atoms in total. The average Bonchev–Trinajstić information content (AvgIpc) is 2.33. The molecule has 9 heteroatoms. The highest BCUT2D eigenvalue weighted by molar-refractivity contribution is 5.96. The number of esters is 1. The van der Waals surface area contributed by atoms with E-state index in [-0.39, 0.29) is 5.56 Å². The number of carboxylic acid groups (broad SMARTS) is 1. The molecule has 21 heavy (non-hydrogen) atoms. The minimum atomic E-state index is -1.72. The van der Waals surface area contributed by atoms with Crippen LogP contribution in [0.1, 0.15) is 29.8 Å². The number of phenols is 2. The molecule has 3 N–H and O–H groups in total. The molecule has 0 saturated carbocycles. The summed E-state index contributed by atoms with van der Waals surface area (Å²) in [6, 6.07) is 0.773. The Bertz CT molecular complexity index is 608. The molecule has 0 saturated heterocycles. The zero-order valence-electron chi connectivity index (χ0n) is 11.2. The highest BCUT2D eigenvalue weighted by Gasteiger charge is 2.30. The Labute approximate surface area is 118 Å². The Balaban J connectivity index is 3.30. The van der Waals surface area contributed by atoms with Crippen molar-refractivity contribution in [1.29, 1.82) is 0 Å². The van der Waals surface area contributed by atoms with E-state index in [1.165, 1.54) is 0 Å². The van der Waals surface area contributed by atoms with Gasteiger partial charge in [-0.15, -0.1) is 0 Å². The van der Waals surface area contributed by atoms with Crippen LogP contribution in [-0.2, 0) is 16.1 Å². The van der Waals surface area contributed by atoms with Crippen molar-refractivity contribution in [1.82, 2.24) is 0 Å². The summed E-state index contributed by atoms with van der Waals surface area (Å²) in [5.41, 5.74) is -2.23. The summed E-state index contributed by atoms with van der Waals surface area (Å²) in [7, 11) is 0. The van der Waals surface area contributed by atoms with Crippen LogP contribution in [0.15, 0.2) is 6.07 Å². The molecule has 0 bridgehead atoms. The number of benzene rings is 1. The third-order valence-electron chi connectivity index (χ3n) is 2.57. The van der Waals surface area contributed by atoms with Gasteiger partial charge in [-0.3, -0.25) is 14.9 Å². The Morgan fingerprint density at radius 3 is 2.38 bits per heavy atom. The number of ether oxygens (including phenoxy) is 1. The molecule has 1 rings (SSSR count). The zero-order valence-corrected chi connectivity index (χ0v) is 11.2. The molecule has 114 valence electrons. The Morgan fingerprint density at radius 1 is 1.38 bits per heavy atom. The van der Waals surface area contributed by atoms with Crippen LogP contribution in [0.4, 0.5) is 5.69 Å². The van der Waals surface area contributed by atoms with E-state index in [1.807, 2.05) is 0 Å². The largest absolute Gasteiger partial charge is 0.507 e. The highest BCUT2D eigenvalue weighted by Crippen LogP contribution is 2.39. The van der Waals surface area contributed by atoms with Gasteiger partial charge in [0.1, 0.15) is 12.4 Å². The van der Waals surface area contributed by atoms with Crippen molar-refractivity contribution in [3.05, 3.63) is 27.3 Å². The van der Waals surface area contributed by atoms with Gasteiger partial charge in [0.05, 0.1) is 16.4 Å². The number of aromatic hydroxyl groups is 2. The van der Waals surface area contributed by atoms with Gasteiger partial charge in [-0.1, -0.05) is 13.8 Å². The Kier molecular flexibility index (Phi) is 4.69. The normalized spacial score (nSPS) is 10.4. The van der Waals surface area contributed by atoms with Crippen LogP contribution in [0.5, 0.6) is 11.5 Å². The number of carbonyl (C=O) groups is 2. The monoisotopic (exact) mass is 299 g/mol.